The molecule has 1 aromatic heterocycles. The molecule has 0 atom stereocenters. The van der Waals surface area contributed by atoms with Crippen LogP contribution < -0.4 is 5.32 Å². The summed E-state index contributed by atoms with van der Waals surface area (Å²) in [6, 6.07) is 2.57. The van der Waals surface area contributed by atoms with Gasteiger partial charge in [0.25, 0.3) is 0 Å². The van der Waals surface area contributed by atoms with Crippen molar-refractivity contribution in [3.05, 3.63) is 46.0 Å². The van der Waals surface area contributed by atoms with E-state index >= 15 is 0 Å². The number of hydrogen-bond acceptors (Lipinski definition) is 3. The molecule has 0 bridgehead atoms. The number of rotatable bonds is 5. The highest BCUT2D eigenvalue weighted by molar-refractivity contribution is 9.10. The van der Waals surface area contributed by atoms with E-state index in [0.717, 1.165) is 6.54 Å². The summed E-state index contributed by atoms with van der Waals surface area (Å²) in [5, 5.41) is 7.09. The Morgan fingerprint density at radius 1 is 1.37 bits per heavy atom. The predicted octanol–water partition coefficient (Wildman–Crippen LogP) is 2.48. The predicted molar refractivity (Wildman–Crippen MR) is 70.6 cm³/mol. The van der Waals surface area contributed by atoms with Crippen LogP contribution in [0.1, 0.15) is 18.3 Å². The molecule has 4 nitrogen and oxygen atoms in total. The van der Waals surface area contributed by atoms with E-state index in [-0.39, 0.29) is 16.6 Å². The molecule has 0 spiro atoms. The Bertz CT molecular complexity index is 571. The number of nitrogens with one attached hydrogen (secondary N) is 1. The van der Waals surface area contributed by atoms with Gasteiger partial charge >= 0.3 is 0 Å². The molecule has 19 heavy (non-hydrogen) atoms. The van der Waals surface area contributed by atoms with Gasteiger partial charge in [-0.25, -0.2) is 18.4 Å². The smallest absolute Gasteiger partial charge is 0.145 e. The summed E-state index contributed by atoms with van der Waals surface area (Å²) in [7, 11) is 0. The van der Waals surface area contributed by atoms with Gasteiger partial charge in [0.1, 0.15) is 23.8 Å². The summed E-state index contributed by atoms with van der Waals surface area (Å²) in [6.45, 7) is 3.27. The van der Waals surface area contributed by atoms with Crippen LogP contribution in [0.5, 0.6) is 0 Å². The second-order valence-electron chi connectivity index (χ2n) is 3.94. The third-order valence-corrected chi connectivity index (χ3v) is 3.29. The fourth-order valence-electron chi connectivity index (χ4n) is 1.66. The van der Waals surface area contributed by atoms with Crippen molar-refractivity contribution < 1.29 is 8.78 Å². The minimum absolute atomic E-state index is 0.0117. The first-order chi connectivity index (χ1) is 9.13. The van der Waals surface area contributed by atoms with Crippen molar-refractivity contribution in [2.45, 2.75) is 20.0 Å². The number of hydrogen-bond donors (Lipinski definition) is 1. The highest BCUT2D eigenvalue weighted by atomic mass is 79.9. The summed E-state index contributed by atoms with van der Waals surface area (Å²) in [5.41, 5.74) is -0.0300. The highest BCUT2D eigenvalue weighted by Gasteiger charge is 2.15. The molecule has 1 N–H and O–H groups in total. The lowest BCUT2D eigenvalue weighted by atomic mass is 10.2. The van der Waals surface area contributed by atoms with Crippen LogP contribution in [0.15, 0.2) is 22.9 Å². The van der Waals surface area contributed by atoms with E-state index in [9.17, 15) is 8.78 Å². The molecule has 0 aliphatic rings. The summed E-state index contributed by atoms with van der Waals surface area (Å²) in [5.74, 6) is -0.559. The van der Waals surface area contributed by atoms with Gasteiger partial charge in [-0.1, -0.05) is 6.92 Å². The molecule has 1 heterocycles. The van der Waals surface area contributed by atoms with Crippen LogP contribution in [0.3, 0.4) is 0 Å². The third kappa shape index (κ3) is 3.16. The third-order valence-electron chi connectivity index (χ3n) is 2.68. The molecule has 7 heteroatoms. The van der Waals surface area contributed by atoms with Gasteiger partial charge in [-0.3, -0.25) is 0 Å². The van der Waals surface area contributed by atoms with Gasteiger partial charge in [0, 0.05) is 5.56 Å². The van der Waals surface area contributed by atoms with Crippen LogP contribution in [-0.4, -0.2) is 21.3 Å². The fourth-order valence-corrected chi connectivity index (χ4v) is 2.03. The Kier molecular flexibility index (Phi) is 4.60. The van der Waals surface area contributed by atoms with Crippen molar-refractivity contribution in [3.8, 4) is 0 Å². The molecule has 1 aromatic carbocycles. The van der Waals surface area contributed by atoms with Crippen molar-refractivity contribution in [2.75, 3.05) is 6.54 Å². The molecule has 0 unspecified atom stereocenters. The first-order valence-electron chi connectivity index (χ1n) is 5.83. The molecular weight excluding hydrogens is 318 g/mol. The first-order valence-corrected chi connectivity index (χ1v) is 6.62. The van der Waals surface area contributed by atoms with Crippen molar-refractivity contribution in [3.63, 3.8) is 0 Å². The number of halogens is 3. The Balaban J connectivity index is 2.27. The summed E-state index contributed by atoms with van der Waals surface area (Å²) in [4.78, 5) is 4.06. The van der Waals surface area contributed by atoms with E-state index in [2.05, 4.69) is 31.3 Å². The number of nitrogens with zero attached hydrogens (tertiary/aromatic N) is 3. The standard InChI is InChI=1S/C12H13BrF2N4/c1-2-16-5-11-17-7-18-19(11)6-8-10(14)4-3-9(13)12(8)15/h3-4,7,16H,2,5-6H2,1H3. The van der Waals surface area contributed by atoms with Gasteiger partial charge in [0.05, 0.1) is 17.6 Å². The molecule has 0 saturated heterocycles. The van der Waals surface area contributed by atoms with E-state index in [0.29, 0.717) is 12.4 Å². The average Bonchev–Trinajstić information content (AvgIpc) is 2.84. The van der Waals surface area contributed by atoms with Crippen LogP contribution in [0.4, 0.5) is 8.78 Å². The minimum Gasteiger partial charge on any atom is -0.310 e. The second-order valence-corrected chi connectivity index (χ2v) is 4.79. The van der Waals surface area contributed by atoms with Gasteiger partial charge in [-0.2, -0.15) is 5.10 Å². The Morgan fingerprint density at radius 3 is 2.89 bits per heavy atom. The van der Waals surface area contributed by atoms with Crippen LogP contribution in [0.25, 0.3) is 0 Å². The van der Waals surface area contributed by atoms with Crippen LogP contribution >= 0.6 is 15.9 Å². The van der Waals surface area contributed by atoms with Crippen molar-refractivity contribution in [2.24, 2.45) is 0 Å². The SMILES string of the molecule is CCNCc1ncnn1Cc1c(F)ccc(Br)c1F. The molecule has 0 radical (unpaired) electrons. The zero-order chi connectivity index (χ0) is 13.8. The van der Waals surface area contributed by atoms with Gasteiger partial charge < -0.3 is 5.32 Å². The van der Waals surface area contributed by atoms with E-state index in [1.807, 2.05) is 6.92 Å². The Labute approximate surface area is 118 Å². The maximum absolute atomic E-state index is 13.9. The van der Waals surface area contributed by atoms with E-state index in [1.165, 1.54) is 23.1 Å². The zero-order valence-electron chi connectivity index (χ0n) is 10.3. The monoisotopic (exact) mass is 330 g/mol. The lowest BCUT2D eigenvalue weighted by Gasteiger charge is -2.09. The lowest BCUT2D eigenvalue weighted by molar-refractivity contribution is 0.516. The largest absolute Gasteiger partial charge is 0.310 e. The van der Waals surface area contributed by atoms with Gasteiger partial charge in [0.15, 0.2) is 0 Å². The average molecular weight is 331 g/mol. The maximum Gasteiger partial charge on any atom is 0.145 e. The molecule has 0 aliphatic heterocycles. The summed E-state index contributed by atoms with van der Waals surface area (Å²) in [6.07, 6.45) is 1.38. The number of aromatic nitrogens is 3. The summed E-state index contributed by atoms with van der Waals surface area (Å²) < 4.78 is 29.3. The van der Waals surface area contributed by atoms with E-state index in [4.69, 9.17) is 0 Å². The van der Waals surface area contributed by atoms with E-state index < -0.39 is 11.6 Å². The molecule has 0 fully saturated rings. The molecule has 2 rings (SSSR count). The molecular formula is C12H13BrF2N4. The van der Waals surface area contributed by atoms with Gasteiger partial charge in [-0.05, 0) is 34.6 Å². The molecule has 2 aromatic rings. The van der Waals surface area contributed by atoms with E-state index in [1.54, 1.807) is 0 Å². The first kappa shape index (κ1) is 14.1. The minimum atomic E-state index is -0.607. The van der Waals surface area contributed by atoms with Crippen LogP contribution in [-0.2, 0) is 13.1 Å². The molecule has 102 valence electrons. The Morgan fingerprint density at radius 2 is 2.16 bits per heavy atom. The quantitative estimate of drug-likeness (QED) is 0.856. The molecule has 0 aliphatic carbocycles. The van der Waals surface area contributed by atoms with Crippen molar-refractivity contribution >= 4 is 15.9 Å². The number of benzene rings is 1. The normalized spacial score (nSPS) is 10.9. The second kappa shape index (κ2) is 6.21. The fraction of sp³-hybridized carbons (Fsp3) is 0.333. The van der Waals surface area contributed by atoms with Crippen LogP contribution in [0, 0.1) is 11.6 Å². The lowest BCUT2D eigenvalue weighted by Crippen LogP contribution is -2.18. The maximum atomic E-state index is 13.9. The van der Waals surface area contributed by atoms with Crippen LogP contribution in [0.2, 0.25) is 0 Å². The van der Waals surface area contributed by atoms with Crippen molar-refractivity contribution in [1.29, 1.82) is 0 Å². The topological polar surface area (TPSA) is 42.7 Å². The van der Waals surface area contributed by atoms with Gasteiger partial charge in [-0.15, -0.1) is 0 Å². The van der Waals surface area contributed by atoms with Gasteiger partial charge in [0.2, 0.25) is 0 Å². The molecule has 0 amide bonds. The summed E-state index contributed by atoms with van der Waals surface area (Å²) >= 11 is 3.05. The zero-order valence-corrected chi connectivity index (χ0v) is 11.9. The van der Waals surface area contributed by atoms with Crippen molar-refractivity contribution in [1.82, 2.24) is 20.1 Å². The Hall–Kier alpha value is -1.34. The highest BCUT2D eigenvalue weighted by Crippen LogP contribution is 2.22. The molecule has 0 saturated carbocycles.